The third-order valence-corrected chi connectivity index (χ3v) is 4.55. The minimum absolute atomic E-state index is 0.179. The van der Waals surface area contributed by atoms with Crippen molar-refractivity contribution < 1.29 is 14.3 Å². The Labute approximate surface area is 109 Å². The summed E-state index contributed by atoms with van der Waals surface area (Å²) in [5.74, 6) is -0.462. The molecule has 1 spiro atoms. The molecular formula is C14H25NO3. The molecule has 1 aliphatic carbocycles. The quantitative estimate of drug-likeness (QED) is 0.765. The van der Waals surface area contributed by atoms with E-state index in [-0.39, 0.29) is 23.5 Å². The molecule has 4 nitrogen and oxygen atoms in total. The molecule has 1 aliphatic heterocycles. The lowest BCUT2D eigenvalue weighted by Gasteiger charge is -2.43. The van der Waals surface area contributed by atoms with Gasteiger partial charge in [-0.2, -0.15) is 0 Å². The summed E-state index contributed by atoms with van der Waals surface area (Å²) in [6.45, 7) is 7.26. The van der Waals surface area contributed by atoms with Crippen LogP contribution in [0.15, 0.2) is 0 Å². The molecule has 18 heavy (non-hydrogen) atoms. The molecule has 1 saturated carbocycles. The molecule has 2 aliphatic rings. The summed E-state index contributed by atoms with van der Waals surface area (Å²) in [5, 5.41) is 0. The molecule has 2 fully saturated rings. The van der Waals surface area contributed by atoms with E-state index in [1.807, 2.05) is 6.92 Å². The summed E-state index contributed by atoms with van der Waals surface area (Å²) in [6, 6.07) is -0.217. The van der Waals surface area contributed by atoms with Crippen LogP contribution in [0.3, 0.4) is 0 Å². The maximum Gasteiger partial charge on any atom is 0.313 e. The van der Waals surface area contributed by atoms with Crippen LogP contribution in [-0.4, -0.2) is 30.8 Å². The molecule has 2 rings (SSSR count). The second kappa shape index (κ2) is 4.82. The molecule has 0 radical (unpaired) electrons. The summed E-state index contributed by atoms with van der Waals surface area (Å²) in [6.07, 6.45) is 3.99. The van der Waals surface area contributed by atoms with Gasteiger partial charge in [-0.1, -0.05) is 13.8 Å². The highest BCUT2D eigenvalue weighted by Crippen LogP contribution is 2.49. The van der Waals surface area contributed by atoms with Crippen molar-refractivity contribution in [1.29, 1.82) is 0 Å². The van der Waals surface area contributed by atoms with Crippen LogP contribution in [-0.2, 0) is 14.3 Å². The highest BCUT2D eigenvalue weighted by Gasteiger charge is 2.55. The van der Waals surface area contributed by atoms with Crippen LogP contribution in [0.1, 0.15) is 46.5 Å². The van der Waals surface area contributed by atoms with Gasteiger partial charge in [0, 0.05) is 6.04 Å². The second-order valence-electron chi connectivity index (χ2n) is 6.43. The molecule has 2 unspecified atom stereocenters. The SMILES string of the molecule is CCOC(=O)C1C(N)COC12CCC(C)(C)CC2. The van der Waals surface area contributed by atoms with Gasteiger partial charge < -0.3 is 15.2 Å². The van der Waals surface area contributed by atoms with Crippen LogP contribution >= 0.6 is 0 Å². The lowest BCUT2D eigenvalue weighted by molar-refractivity contribution is -0.158. The van der Waals surface area contributed by atoms with Gasteiger partial charge in [0.25, 0.3) is 0 Å². The van der Waals surface area contributed by atoms with Gasteiger partial charge in [0.05, 0.1) is 18.8 Å². The number of carbonyl (C=O) groups is 1. The molecule has 1 heterocycles. The molecule has 0 aromatic heterocycles. The number of ether oxygens (including phenoxy) is 2. The minimum Gasteiger partial charge on any atom is -0.466 e. The topological polar surface area (TPSA) is 61.5 Å². The van der Waals surface area contributed by atoms with Crippen molar-refractivity contribution in [2.45, 2.75) is 58.1 Å². The summed E-state index contributed by atoms with van der Waals surface area (Å²) >= 11 is 0. The summed E-state index contributed by atoms with van der Waals surface area (Å²) in [7, 11) is 0. The summed E-state index contributed by atoms with van der Waals surface area (Å²) in [4.78, 5) is 12.1. The third kappa shape index (κ3) is 2.41. The van der Waals surface area contributed by atoms with Crippen molar-refractivity contribution in [3.8, 4) is 0 Å². The van der Waals surface area contributed by atoms with Crippen molar-refractivity contribution in [3.63, 3.8) is 0 Å². The van der Waals surface area contributed by atoms with E-state index in [0.717, 1.165) is 25.7 Å². The molecule has 0 amide bonds. The molecule has 2 atom stereocenters. The van der Waals surface area contributed by atoms with E-state index in [9.17, 15) is 4.79 Å². The fourth-order valence-corrected chi connectivity index (χ4v) is 3.27. The van der Waals surface area contributed by atoms with E-state index < -0.39 is 0 Å². The van der Waals surface area contributed by atoms with E-state index in [1.54, 1.807) is 0 Å². The highest BCUT2D eigenvalue weighted by atomic mass is 16.5. The Hall–Kier alpha value is -0.610. The van der Waals surface area contributed by atoms with E-state index >= 15 is 0 Å². The Balaban J connectivity index is 2.14. The van der Waals surface area contributed by atoms with E-state index in [2.05, 4.69) is 13.8 Å². The Morgan fingerprint density at radius 3 is 2.50 bits per heavy atom. The van der Waals surface area contributed by atoms with Gasteiger partial charge in [0.2, 0.25) is 0 Å². The minimum atomic E-state index is -0.360. The summed E-state index contributed by atoms with van der Waals surface area (Å²) in [5.41, 5.74) is 6.05. The largest absolute Gasteiger partial charge is 0.466 e. The van der Waals surface area contributed by atoms with Crippen molar-refractivity contribution in [2.75, 3.05) is 13.2 Å². The summed E-state index contributed by atoms with van der Waals surface area (Å²) < 4.78 is 11.1. The fraction of sp³-hybridized carbons (Fsp3) is 0.929. The molecule has 0 aromatic carbocycles. The number of carbonyl (C=O) groups excluding carboxylic acids is 1. The zero-order valence-electron chi connectivity index (χ0n) is 11.7. The lowest BCUT2D eigenvalue weighted by atomic mass is 9.66. The molecule has 4 heteroatoms. The maximum absolute atomic E-state index is 12.1. The molecule has 0 bridgehead atoms. The van der Waals surface area contributed by atoms with Gasteiger partial charge in [-0.05, 0) is 38.0 Å². The predicted octanol–water partition coefficient (Wildman–Crippen LogP) is 1.86. The van der Waals surface area contributed by atoms with Crippen molar-refractivity contribution in [2.24, 2.45) is 17.1 Å². The monoisotopic (exact) mass is 255 g/mol. The second-order valence-corrected chi connectivity index (χ2v) is 6.43. The van der Waals surface area contributed by atoms with Crippen LogP contribution in [0.5, 0.6) is 0 Å². The molecule has 0 aromatic rings. The number of hydrogen-bond donors (Lipinski definition) is 1. The lowest BCUT2D eigenvalue weighted by Crippen LogP contribution is -2.49. The highest BCUT2D eigenvalue weighted by molar-refractivity contribution is 5.75. The van der Waals surface area contributed by atoms with Gasteiger partial charge in [0.15, 0.2) is 0 Å². The van der Waals surface area contributed by atoms with Gasteiger partial charge in [-0.25, -0.2) is 0 Å². The van der Waals surface area contributed by atoms with Crippen LogP contribution in [0.4, 0.5) is 0 Å². The number of hydrogen-bond acceptors (Lipinski definition) is 4. The smallest absolute Gasteiger partial charge is 0.313 e. The van der Waals surface area contributed by atoms with Crippen LogP contribution < -0.4 is 5.73 Å². The van der Waals surface area contributed by atoms with Gasteiger partial charge in [-0.15, -0.1) is 0 Å². The Kier molecular flexibility index (Phi) is 3.70. The van der Waals surface area contributed by atoms with Gasteiger partial charge in [-0.3, -0.25) is 4.79 Å². The normalized spacial score (nSPS) is 33.6. The van der Waals surface area contributed by atoms with Crippen molar-refractivity contribution >= 4 is 5.97 Å². The number of nitrogens with two attached hydrogens (primary N) is 1. The van der Waals surface area contributed by atoms with Crippen molar-refractivity contribution in [1.82, 2.24) is 0 Å². The Morgan fingerprint density at radius 1 is 1.33 bits per heavy atom. The number of rotatable bonds is 2. The fourth-order valence-electron chi connectivity index (χ4n) is 3.27. The van der Waals surface area contributed by atoms with Crippen molar-refractivity contribution in [3.05, 3.63) is 0 Å². The average molecular weight is 255 g/mol. The first-order valence-corrected chi connectivity index (χ1v) is 6.96. The molecular weight excluding hydrogens is 230 g/mol. The number of esters is 1. The van der Waals surface area contributed by atoms with Crippen LogP contribution in [0, 0.1) is 11.3 Å². The van der Waals surface area contributed by atoms with E-state index in [0.29, 0.717) is 18.6 Å². The van der Waals surface area contributed by atoms with E-state index in [1.165, 1.54) is 0 Å². The maximum atomic E-state index is 12.1. The third-order valence-electron chi connectivity index (χ3n) is 4.55. The first-order chi connectivity index (χ1) is 8.40. The average Bonchev–Trinajstić information content (AvgIpc) is 2.62. The van der Waals surface area contributed by atoms with Gasteiger partial charge in [0.1, 0.15) is 5.92 Å². The molecule has 104 valence electrons. The zero-order valence-corrected chi connectivity index (χ0v) is 11.7. The Morgan fingerprint density at radius 2 is 1.94 bits per heavy atom. The first kappa shape index (κ1) is 13.8. The van der Waals surface area contributed by atoms with Gasteiger partial charge >= 0.3 is 5.97 Å². The Bertz CT molecular complexity index is 317. The van der Waals surface area contributed by atoms with Crippen LogP contribution in [0.2, 0.25) is 0 Å². The predicted molar refractivity (Wildman–Crippen MR) is 69.0 cm³/mol. The standard InChI is InChI=1S/C14H25NO3/c1-4-17-12(16)11-10(15)9-18-14(11)7-5-13(2,3)6-8-14/h10-11H,4-9,15H2,1-3H3. The first-order valence-electron chi connectivity index (χ1n) is 6.96. The molecule has 1 saturated heterocycles. The zero-order chi connectivity index (χ0) is 13.4. The van der Waals surface area contributed by atoms with Crippen LogP contribution in [0.25, 0.3) is 0 Å². The van der Waals surface area contributed by atoms with E-state index in [4.69, 9.17) is 15.2 Å². The molecule has 2 N–H and O–H groups in total.